The summed E-state index contributed by atoms with van der Waals surface area (Å²) < 4.78 is 6.04. The molecule has 0 saturated carbocycles. The Labute approximate surface area is 274 Å². The molecule has 0 aliphatic carbocycles. The first-order valence-electron chi connectivity index (χ1n) is 16.9. The van der Waals surface area contributed by atoms with Crippen LogP contribution in [0.3, 0.4) is 0 Å². The number of urea groups is 1. The third-order valence-corrected chi connectivity index (χ3v) is 10.5. The number of nitrogens with zero attached hydrogens (tertiary/aromatic N) is 4. The number of piperidine rings is 3. The topological polar surface area (TPSA) is 107 Å². The Kier molecular flexibility index (Phi) is 11.2. The van der Waals surface area contributed by atoms with E-state index < -0.39 is 12.2 Å². The molecular formula is C36H52N6O4. The van der Waals surface area contributed by atoms with Gasteiger partial charge in [-0.05, 0) is 113 Å². The molecule has 4 aliphatic rings. The van der Waals surface area contributed by atoms with E-state index in [1.165, 1.54) is 12.8 Å². The minimum Gasteiger partial charge on any atom is -0.436 e. The van der Waals surface area contributed by atoms with Crippen LogP contribution in [0, 0.1) is 25.7 Å². The fraction of sp³-hybridized carbons (Fsp3) is 0.611. The highest BCUT2D eigenvalue weighted by molar-refractivity contribution is 5.91. The van der Waals surface area contributed by atoms with E-state index in [-0.39, 0.29) is 31.8 Å². The van der Waals surface area contributed by atoms with E-state index in [0.717, 1.165) is 66.3 Å². The van der Waals surface area contributed by atoms with Gasteiger partial charge in [0.1, 0.15) is 0 Å². The molecule has 4 amide bonds. The van der Waals surface area contributed by atoms with Crippen molar-refractivity contribution in [2.24, 2.45) is 11.8 Å². The van der Waals surface area contributed by atoms with Gasteiger partial charge in [0.15, 0.2) is 6.10 Å². The molecule has 0 radical (unpaired) electrons. The average Bonchev–Trinajstić information content (AvgIpc) is 3.24. The zero-order valence-corrected chi connectivity index (χ0v) is 26.8. The van der Waals surface area contributed by atoms with Crippen LogP contribution in [0.2, 0.25) is 0 Å². The van der Waals surface area contributed by atoms with Crippen LogP contribution >= 0.6 is 0 Å². The Bertz CT molecular complexity index is 1360. The molecular weight excluding hydrogens is 580 g/mol. The van der Waals surface area contributed by atoms with Gasteiger partial charge in [0.05, 0.1) is 0 Å². The summed E-state index contributed by atoms with van der Waals surface area (Å²) in [6.07, 6.45) is 7.25. The van der Waals surface area contributed by atoms with Crippen LogP contribution in [-0.4, -0.2) is 95.7 Å². The van der Waals surface area contributed by atoms with Crippen LogP contribution in [0.25, 0.3) is 0 Å². The highest BCUT2D eigenvalue weighted by atomic mass is 16.6. The summed E-state index contributed by atoms with van der Waals surface area (Å²) in [5.74, 6) is 1.26. The quantitative estimate of drug-likeness (QED) is 0.455. The normalized spacial score (nSPS) is 20.7. The summed E-state index contributed by atoms with van der Waals surface area (Å²) in [5, 5.41) is 6.51. The maximum atomic E-state index is 13.9. The number of ether oxygens (including phenoxy) is 1. The number of rotatable bonds is 6. The molecule has 2 aromatic rings. The van der Waals surface area contributed by atoms with Crippen molar-refractivity contribution in [1.82, 2.24) is 25.0 Å². The number of likely N-dealkylation sites (tertiary alicyclic amines) is 2. The molecule has 46 heavy (non-hydrogen) atoms. The summed E-state index contributed by atoms with van der Waals surface area (Å²) >= 11 is 0. The van der Waals surface area contributed by atoms with Crippen molar-refractivity contribution in [1.29, 1.82) is 0 Å². The lowest BCUT2D eigenvalue weighted by molar-refractivity contribution is -0.142. The molecule has 0 bridgehead atoms. The molecule has 250 valence electrons. The van der Waals surface area contributed by atoms with E-state index in [2.05, 4.69) is 21.7 Å². The molecule has 0 unspecified atom stereocenters. The maximum Gasteiger partial charge on any atom is 0.410 e. The molecule has 5 heterocycles. The third kappa shape index (κ3) is 7.82. The number of hydrogen-bond donors (Lipinski definition) is 2. The average molecular weight is 633 g/mol. The first-order chi connectivity index (χ1) is 21.9. The Morgan fingerprint density at radius 2 is 1.59 bits per heavy atom. The second-order valence-corrected chi connectivity index (χ2v) is 13.3. The SMILES string of the molecule is C.Cc1cnc(C[C@@H](OC(=O)N2CCC(N3CCc4ccccc4NC3=O)CC2)C(=O)N2CCC(C3CCNCC3)CC2)cc1C. The predicted octanol–water partition coefficient (Wildman–Crippen LogP) is 5.18. The monoisotopic (exact) mass is 632 g/mol. The summed E-state index contributed by atoms with van der Waals surface area (Å²) in [5.41, 5.74) is 4.95. The predicted molar refractivity (Wildman–Crippen MR) is 180 cm³/mol. The van der Waals surface area contributed by atoms with Crippen LogP contribution < -0.4 is 10.6 Å². The summed E-state index contributed by atoms with van der Waals surface area (Å²) in [6.45, 7) is 9.22. The fourth-order valence-corrected chi connectivity index (χ4v) is 7.57. The second kappa shape index (κ2) is 15.3. The van der Waals surface area contributed by atoms with Gasteiger partial charge in [-0.3, -0.25) is 9.78 Å². The van der Waals surface area contributed by atoms with E-state index in [9.17, 15) is 14.4 Å². The second-order valence-electron chi connectivity index (χ2n) is 13.3. The molecule has 1 atom stereocenters. The smallest absolute Gasteiger partial charge is 0.410 e. The summed E-state index contributed by atoms with van der Waals surface area (Å²) in [4.78, 5) is 50.6. The molecule has 0 spiro atoms. The minimum atomic E-state index is -0.921. The molecule has 1 aromatic heterocycles. The number of pyridine rings is 1. The number of aryl methyl sites for hydroxylation is 2. The van der Waals surface area contributed by atoms with Gasteiger partial charge in [-0.15, -0.1) is 0 Å². The van der Waals surface area contributed by atoms with Gasteiger partial charge < -0.3 is 30.1 Å². The lowest BCUT2D eigenvalue weighted by Gasteiger charge is -2.39. The lowest BCUT2D eigenvalue weighted by Crippen LogP contribution is -2.52. The number of nitrogens with one attached hydrogen (secondary N) is 2. The van der Waals surface area contributed by atoms with Crippen molar-refractivity contribution < 1.29 is 19.1 Å². The Hall–Kier alpha value is -3.66. The van der Waals surface area contributed by atoms with Gasteiger partial charge in [-0.1, -0.05) is 25.6 Å². The van der Waals surface area contributed by atoms with E-state index >= 15 is 0 Å². The standard InChI is InChI=1S/C35H48N6O4.CH4/c1-24-21-29(37-23-25(24)2)22-32(33(42)39-16-9-27(10-17-39)26-7-14-36-15-8-26)45-35(44)40-18-12-30(13-19-40)41-20-11-28-5-3-4-6-31(28)38-34(41)43;/h3-6,21,23,26-27,30,32,36H,7-20,22H2,1-2H3,(H,38,43);1H4/t32-;/m1./s1. The molecule has 4 aliphatic heterocycles. The number of hydrogen-bond acceptors (Lipinski definition) is 6. The molecule has 10 nitrogen and oxygen atoms in total. The van der Waals surface area contributed by atoms with Crippen molar-refractivity contribution >= 4 is 23.7 Å². The molecule has 3 saturated heterocycles. The van der Waals surface area contributed by atoms with Crippen molar-refractivity contribution in [3.63, 3.8) is 0 Å². The summed E-state index contributed by atoms with van der Waals surface area (Å²) in [7, 11) is 0. The summed E-state index contributed by atoms with van der Waals surface area (Å²) in [6, 6.07) is 9.87. The third-order valence-electron chi connectivity index (χ3n) is 10.5. The van der Waals surface area contributed by atoms with E-state index in [4.69, 9.17) is 4.74 Å². The van der Waals surface area contributed by atoms with E-state index in [1.54, 1.807) is 4.90 Å². The van der Waals surface area contributed by atoms with E-state index in [1.807, 2.05) is 54.1 Å². The Morgan fingerprint density at radius 3 is 2.30 bits per heavy atom. The van der Waals surface area contributed by atoms with Gasteiger partial charge in [0, 0.05) is 62.8 Å². The first-order valence-corrected chi connectivity index (χ1v) is 16.9. The highest BCUT2D eigenvalue weighted by Crippen LogP contribution is 2.31. The molecule has 2 N–H and O–H groups in total. The van der Waals surface area contributed by atoms with Crippen LogP contribution in [0.4, 0.5) is 15.3 Å². The Balaban J connectivity index is 0.00000417. The van der Waals surface area contributed by atoms with Gasteiger partial charge >= 0.3 is 12.1 Å². The largest absolute Gasteiger partial charge is 0.436 e. The van der Waals surface area contributed by atoms with Gasteiger partial charge in [-0.25, -0.2) is 9.59 Å². The maximum absolute atomic E-state index is 13.9. The van der Waals surface area contributed by atoms with Gasteiger partial charge in [-0.2, -0.15) is 0 Å². The molecule has 1 aromatic carbocycles. The van der Waals surface area contributed by atoms with Crippen molar-refractivity contribution in [3.05, 3.63) is 58.9 Å². The van der Waals surface area contributed by atoms with Gasteiger partial charge in [0.25, 0.3) is 5.91 Å². The first kappa shape index (κ1) is 33.7. The van der Waals surface area contributed by atoms with Crippen LogP contribution in [-0.2, 0) is 22.4 Å². The zero-order valence-electron chi connectivity index (χ0n) is 26.8. The number of amides is 4. The van der Waals surface area contributed by atoms with Crippen LogP contribution in [0.5, 0.6) is 0 Å². The molecule has 6 rings (SSSR count). The van der Waals surface area contributed by atoms with E-state index in [0.29, 0.717) is 51.5 Å². The molecule has 10 heteroatoms. The molecule has 3 fully saturated rings. The van der Waals surface area contributed by atoms with Crippen molar-refractivity contribution in [3.8, 4) is 0 Å². The fourth-order valence-electron chi connectivity index (χ4n) is 7.57. The van der Waals surface area contributed by atoms with Crippen LogP contribution in [0.15, 0.2) is 36.5 Å². The number of anilines is 1. The van der Waals surface area contributed by atoms with Crippen LogP contribution in [0.1, 0.15) is 68.3 Å². The number of fused-ring (bicyclic) bond motifs is 1. The number of aromatic nitrogens is 1. The number of carbonyl (C=O) groups excluding carboxylic acids is 3. The number of benzene rings is 1. The zero-order chi connectivity index (χ0) is 31.3. The number of para-hydroxylation sites is 1. The Morgan fingerprint density at radius 1 is 0.913 bits per heavy atom. The highest BCUT2D eigenvalue weighted by Gasteiger charge is 2.36. The minimum absolute atomic E-state index is 0. The van der Waals surface area contributed by atoms with Crippen molar-refractivity contribution in [2.75, 3.05) is 51.1 Å². The lowest BCUT2D eigenvalue weighted by atomic mass is 9.79. The van der Waals surface area contributed by atoms with Gasteiger partial charge in [0.2, 0.25) is 0 Å². The number of carbonyl (C=O) groups is 3. The van der Waals surface area contributed by atoms with Crippen molar-refractivity contribution in [2.45, 2.75) is 84.8 Å².